The zero-order chi connectivity index (χ0) is 37.3. The molecule has 2 heterocycles. The molecule has 0 spiro atoms. The maximum absolute atomic E-state index is 15.4. The Morgan fingerprint density at radius 2 is 1.60 bits per heavy atom. The van der Waals surface area contributed by atoms with E-state index in [2.05, 4.69) is 28.0 Å². The number of anilines is 2. The fourth-order valence-corrected chi connectivity index (χ4v) is 9.78. The lowest BCUT2D eigenvalue weighted by Gasteiger charge is -2.50. The zero-order valence-electron chi connectivity index (χ0n) is 28.4. The molecule has 10 nitrogen and oxygen atoms in total. The Labute approximate surface area is 328 Å². The van der Waals surface area contributed by atoms with E-state index < -0.39 is 46.8 Å². The number of methoxy groups -OCH3 is 2. The van der Waals surface area contributed by atoms with Crippen molar-refractivity contribution >= 4 is 80.8 Å². The number of hydrogen-bond donors (Lipinski definition) is 2. The maximum Gasteiger partial charge on any atom is 0.260 e. The first-order valence-electron chi connectivity index (χ1n) is 16.9. The van der Waals surface area contributed by atoms with Crippen LogP contribution in [0, 0.1) is 27.2 Å². The van der Waals surface area contributed by atoms with E-state index in [1.54, 1.807) is 66.7 Å². The van der Waals surface area contributed by atoms with Crippen LogP contribution in [0.15, 0.2) is 96.6 Å². The van der Waals surface area contributed by atoms with Gasteiger partial charge in [-0.2, -0.15) is 5.01 Å². The van der Waals surface area contributed by atoms with Crippen molar-refractivity contribution in [2.75, 3.05) is 24.5 Å². The Bertz CT molecular complexity index is 2230. The van der Waals surface area contributed by atoms with Crippen LogP contribution in [0.3, 0.4) is 0 Å². The molecule has 0 bridgehead atoms. The number of ether oxygens (including phenoxy) is 2. The molecule has 4 aromatic carbocycles. The summed E-state index contributed by atoms with van der Waals surface area (Å²) in [5.74, 6) is -5.37. The second-order valence-corrected chi connectivity index (χ2v) is 15.7. The van der Waals surface area contributed by atoms with Gasteiger partial charge in [-0.1, -0.05) is 59.1 Å². The molecule has 4 aromatic rings. The SMILES string of the molecule is COc1ccc(C23C(=O)N(Nc4ccc(Cl)cc4Cl)C(=O)C2CC2C(=CCC4C(=O)N(c5ccc(I)cc5)C(=O)C42)C3c2cccc(OC)c2O)cc1. The van der Waals surface area contributed by atoms with Gasteiger partial charge in [0, 0.05) is 20.1 Å². The number of carbonyl (C=O) groups is 4. The Morgan fingerprint density at radius 1 is 0.868 bits per heavy atom. The van der Waals surface area contributed by atoms with Gasteiger partial charge in [0.05, 0.1) is 53.8 Å². The second-order valence-electron chi connectivity index (χ2n) is 13.6. The van der Waals surface area contributed by atoms with Crippen LogP contribution in [0.2, 0.25) is 10.0 Å². The third-order valence-electron chi connectivity index (χ3n) is 11.2. The van der Waals surface area contributed by atoms with Crippen LogP contribution >= 0.6 is 45.8 Å². The third-order valence-corrected chi connectivity index (χ3v) is 12.5. The fourth-order valence-electron chi connectivity index (χ4n) is 8.97. The number of nitrogens with one attached hydrogen (secondary N) is 1. The van der Waals surface area contributed by atoms with E-state index in [0.29, 0.717) is 33.2 Å². The number of imide groups is 2. The predicted octanol–water partition coefficient (Wildman–Crippen LogP) is 7.51. The standard InChI is InChI=1S/C40H32Cl2IN3O7/c1-52-24-13-6-20(7-14-24)40-29(37(49)46(39(40)51)44-31-17-8-21(41)18-30(31)42)19-28-25(34(40)27-4-3-5-32(53-2)35(27)47)15-16-26-33(28)38(50)45(36(26)48)23-11-9-22(43)10-12-23/h3-15,17-18,26,28-29,33-34,44,47H,16,19H2,1-2H3. The van der Waals surface area contributed by atoms with Crippen molar-refractivity contribution in [3.8, 4) is 17.2 Å². The van der Waals surface area contributed by atoms with Crippen molar-refractivity contribution in [1.82, 2.24) is 5.01 Å². The molecule has 6 unspecified atom stereocenters. The molecule has 4 amide bonds. The minimum absolute atomic E-state index is 0.0803. The summed E-state index contributed by atoms with van der Waals surface area (Å²) in [7, 11) is 2.97. The quantitative estimate of drug-likeness (QED) is 0.111. The summed E-state index contributed by atoms with van der Waals surface area (Å²) in [4.78, 5) is 60.2. The summed E-state index contributed by atoms with van der Waals surface area (Å²) in [5, 5.41) is 13.4. The van der Waals surface area contributed by atoms with Gasteiger partial charge in [0.15, 0.2) is 11.5 Å². The van der Waals surface area contributed by atoms with Crippen LogP contribution in [0.25, 0.3) is 0 Å². The topological polar surface area (TPSA) is 125 Å². The zero-order valence-corrected chi connectivity index (χ0v) is 32.1. The van der Waals surface area contributed by atoms with E-state index in [-0.39, 0.29) is 46.9 Å². The van der Waals surface area contributed by atoms with Crippen molar-refractivity contribution in [2.24, 2.45) is 23.7 Å². The van der Waals surface area contributed by atoms with Gasteiger partial charge in [-0.3, -0.25) is 29.5 Å². The summed E-state index contributed by atoms with van der Waals surface area (Å²) in [6.45, 7) is 0. The average Bonchev–Trinajstić information content (AvgIpc) is 3.54. The van der Waals surface area contributed by atoms with Crippen molar-refractivity contribution in [2.45, 2.75) is 24.2 Å². The van der Waals surface area contributed by atoms with Crippen LogP contribution in [0.5, 0.6) is 17.2 Å². The number of aromatic hydroxyl groups is 1. The Kier molecular flexibility index (Phi) is 8.94. The van der Waals surface area contributed by atoms with Gasteiger partial charge in [0.25, 0.3) is 11.8 Å². The van der Waals surface area contributed by atoms with Crippen LogP contribution < -0.4 is 19.8 Å². The van der Waals surface area contributed by atoms with Gasteiger partial charge in [0.2, 0.25) is 11.8 Å². The number of hydrazine groups is 1. The molecule has 3 fully saturated rings. The number of halogens is 3. The first-order valence-corrected chi connectivity index (χ1v) is 18.8. The number of rotatable bonds is 7. The molecule has 6 atom stereocenters. The normalized spacial score (nSPS) is 26.2. The highest BCUT2D eigenvalue weighted by atomic mass is 127. The highest BCUT2D eigenvalue weighted by molar-refractivity contribution is 14.1. The predicted molar refractivity (Wildman–Crippen MR) is 207 cm³/mol. The summed E-state index contributed by atoms with van der Waals surface area (Å²) in [6, 6.07) is 23.9. The molecular formula is C40H32Cl2IN3O7. The first-order chi connectivity index (χ1) is 25.5. The second kappa shape index (κ2) is 13.4. The van der Waals surface area contributed by atoms with Crippen LogP contribution in [0.4, 0.5) is 11.4 Å². The molecule has 2 N–H and O–H groups in total. The Hall–Kier alpha value is -4.59. The first kappa shape index (κ1) is 35.4. The molecule has 2 saturated heterocycles. The van der Waals surface area contributed by atoms with Crippen molar-refractivity contribution in [3.05, 3.63) is 121 Å². The number of hydrogen-bond acceptors (Lipinski definition) is 8. The maximum atomic E-state index is 15.4. The smallest absolute Gasteiger partial charge is 0.260 e. The summed E-state index contributed by atoms with van der Waals surface area (Å²) in [5.41, 5.74) is 3.66. The minimum Gasteiger partial charge on any atom is -0.504 e. The van der Waals surface area contributed by atoms with Crippen molar-refractivity contribution in [3.63, 3.8) is 0 Å². The van der Waals surface area contributed by atoms with E-state index >= 15 is 4.79 Å². The van der Waals surface area contributed by atoms with Gasteiger partial charge in [-0.15, -0.1) is 0 Å². The average molecular weight is 865 g/mol. The van der Waals surface area contributed by atoms with Crippen molar-refractivity contribution < 1.29 is 33.8 Å². The fraction of sp³-hybridized carbons (Fsp3) is 0.250. The molecule has 270 valence electrons. The molecule has 2 aliphatic heterocycles. The van der Waals surface area contributed by atoms with Crippen LogP contribution in [0.1, 0.15) is 29.9 Å². The molecule has 1 saturated carbocycles. The van der Waals surface area contributed by atoms with Crippen molar-refractivity contribution in [1.29, 1.82) is 0 Å². The molecule has 8 rings (SSSR count). The molecule has 0 aromatic heterocycles. The largest absolute Gasteiger partial charge is 0.504 e. The monoisotopic (exact) mass is 863 g/mol. The summed E-state index contributed by atoms with van der Waals surface area (Å²) < 4.78 is 12.0. The minimum atomic E-state index is -1.63. The lowest BCUT2D eigenvalue weighted by Crippen LogP contribution is -2.53. The summed E-state index contributed by atoms with van der Waals surface area (Å²) in [6.07, 6.45) is 2.25. The van der Waals surface area contributed by atoms with E-state index in [1.165, 1.54) is 25.2 Å². The molecule has 0 radical (unpaired) electrons. The van der Waals surface area contributed by atoms with E-state index in [9.17, 15) is 19.5 Å². The highest BCUT2D eigenvalue weighted by Crippen LogP contribution is 2.65. The third kappa shape index (κ3) is 5.33. The molecule has 53 heavy (non-hydrogen) atoms. The molecule has 2 aliphatic carbocycles. The van der Waals surface area contributed by atoms with E-state index in [0.717, 1.165) is 8.58 Å². The number of fused-ring (bicyclic) bond motifs is 4. The van der Waals surface area contributed by atoms with Gasteiger partial charge in [0.1, 0.15) is 5.75 Å². The molecular weight excluding hydrogens is 832 g/mol. The molecule has 4 aliphatic rings. The number of allylic oxidation sites excluding steroid dienone is 2. The number of para-hydroxylation sites is 1. The van der Waals surface area contributed by atoms with Crippen LogP contribution in [-0.4, -0.2) is 48.0 Å². The van der Waals surface area contributed by atoms with Gasteiger partial charge >= 0.3 is 0 Å². The Morgan fingerprint density at radius 3 is 2.28 bits per heavy atom. The lowest BCUT2D eigenvalue weighted by molar-refractivity contribution is -0.138. The van der Waals surface area contributed by atoms with Gasteiger partial charge < -0.3 is 14.6 Å². The highest BCUT2D eigenvalue weighted by Gasteiger charge is 2.70. The number of phenols is 1. The molecule has 13 heteroatoms. The number of nitrogens with zero attached hydrogens (tertiary/aromatic N) is 2. The lowest BCUT2D eigenvalue weighted by atomic mass is 9.49. The van der Waals surface area contributed by atoms with Crippen LogP contribution in [-0.2, 0) is 24.6 Å². The van der Waals surface area contributed by atoms with E-state index in [1.807, 2.05) is 18.2 Å². The number of phenolic OH excluding ortho intramolecular Hbond substituents is 1. The van der Waals surface area contributed by atoms with Gasteiger partial charge in [-0.05, 0) is 108 Å². The van der Waals surface area contributed by atoms with Gasteiger partial charge in [-0.25, -0.2) is 0 Å². The number of benzene rings is 4. The summed E-state index contributed by atoms with van der Waals surface area (Å²) >= 11 is 14.9. The number of amides is 4. The Balaban J connectivity index is 1.35. The number of carbonyl (C=O) groups excluding carboxylic acids is 4. The van der Waals surface area contributed by atoms with E-state index in [4.69, 9.17) is 32.7 Å².